The lowest BCUT2D eigenvalue weighted by Gasteiger charge is -2.25. The normalized spacial score (nSPS) is 15.9. The Bertz CT molecular complexity index is 1140. The molecular formula is C18H15ClN4O3S2. The molecule has 0 fully saturated rings. The molecule has 7 nitrogen and oxygen atoms in total. The molecule has 1 unspecified atom stereocenters. The van der Waals surface area contributed by atoms with E-state index in [-0.39, 0.29) is 30.3 Å². The van der Waals surface area contributed by atoms with Crippen molar-refractivity contribution in [3.63, 3.8) is 0 Å². The van der Waals surface area contributed by atoms with Crippen molar-refractivity contribution in [3.8, 4) is 0 Å². The number of anilines is 1. The minimum atomic E-state index is -0.532. The van der Waals surface area contributed by atoms with Crippen LogP contribution in [0.3, 0.4) is 0 Å². The molecule has 0 saturated carbocycles. The van der Waals surface area contributed by atoms with E-state index >= 15 is 0 Å². The zero-order chi connectivity index (χ0) is 19.8. The highest BCUT2D eigenvalue weighted by atomic mass is 35.5. The fourth-order valence-electron chi connectivity index (χ4n) is 2.88. The molecule has 1 atom stereocenters. The second-order valence-electron chi connectivity index (χ2n) is 6.34. The largest absolute Gasteiger partial charge is 0.338 e. The fourth-order valence-corrected chi connectivity index (χ4v) is 4.86. The summed E-state index contributed by atoms with van der Waals surface area (Å²) in [5, 5.41) is 4.60. The highest BCUT2D eigenvalue weighted by Gasteiger charge is 2.30. The summed E-state index contributed by atoms with van der Waals surface area (Å²) < 4.78 is 0.562. The standard InChI is InChI=1S/C18H15ClN4O3S2/c1-23(8-14-20-10-4-5-27-16(10)18(26)22-14)15(24)7-13-17(25)21-11-6-9(19)2-3-12(11)28-13/h2-6,13H,7-8H2,1H3,(H,21,25)(H,20,22,26). The van der Waals surface area contributed by atoms with Crippen LogP contribution in [-0.2, 0) is 16.1 Å². The molecule has 3 aromatic rings. The van der Waals surface area contributed by atoms with Gasteiger partial charge in [-0.1, -0.05) is 11.6 Å². The molecule has 1 aromatic carbocycles. The van der Waals surface area contributed by atoms with E-state index in [0.717, 1.165) is 4.90 Å². The number of fused-ring (bicyclic) bond motifs is 2. The molecule has 10 heteroatoms. The first-order chi connectivity index (χ1) is 13.4. The first-order valence-electron chi connectivity index (χ1n) is 8.38. The summed E-state index contributed by atoms with van der Waals surface area (Å²) in [6, 6.07) is 7.04. The summed E-state index contributed by atoms with van der Waals surface area (Å²) in [5.74, 6) is -0.0293. The zero-order valence-electron chi connectivity index (χ0n) is 14.7. The van der Waals surface area contributed by atoms with Gasteiger partial charge in [-0.25, -0.2) is 4.98 Å². The molecule has 0 aliphatic carbocycles. The number of thiophene rings is 1. The van der Waals surface area contributed by atoms with Crippen LogP contribution in [0.15, 0.2) is 39.3 Å². The van der Waals surface area contributed by atoms with Gasteiger partial charge in [0.1, 0.15) is 10.5 Å². The van der Waals surface area contributed by atoms with Crippen LogP contribution in [-0.4, -0.2) is 39.0 Å². The summed E-state index contributed by atoms with van der Waals surface area (Å²) >= 11 is 8.62. The van der Waals surface area contributed by atoms with Crippen molar-refractivity contribution in [3.05, 3.63) is 50.8 Å². The van der Waals surface area contributed by atoms with Crippen LogP contribution in [0.25, 0.3) is 10.2 Å². The molecule has 1 aliphatic heterocycles. The fraction of sp³-hybridized carbons (Fsp3) is 0.222. The van der Waals surface area contributed by atoms with Gasteiger partial charge >= 0.3 is 0 Å². The lowest BCUT2D eigenvalue weighted by Crippen LogP contribution is -2.36. The number of amides is 2. The molecule has 4 rings (SSSR count). The van der Waals surface area contributed by atoms with E-state index in [0.29, 0.717) is 26.8 Å². The molecule has 2 N–H and O–H groups in total. The number of nitrogens with zero attached hydrogens (tertiary/aromatic N) is 2. The second kappa shape index (κ2) is 7.57. The Morgan fingerprint density at radius 3 is 2.96 bits per heavy atom. The molecule has 2 aromatic heterocycles. The number of benzene rings is 1. The van der Waals surface area contributed by atoms with Gasteiger partial charge in [0.25, 0.3) is 5.56 Å². The van der Waals surface area contributed by atoms with E-state index in [1.165, 1.54) is 28.0 Å². The van der Waals surface area contributed by atoms with E-state index in [9.17, 15) is 14.4 Å². The molecule has 3 heterocycles. The lowest BCUT2D eigenvalue weighted by atomic mass is 10.2. The molecule has 1 aliphatic rings. The van der Waals surface area contributed by atoms with Gasteiger partial charge < -0.3 is 15.2 Å². The Hall–Kier alpha value is -2.36. The number of aromatic nitrogens is 2. The maximum absolute atomic E-state index is 12.6. The van der Waals surface area contributed by atoms with Crippen LogP contribution < -0.4 is 10.9 Å². The number of carbonyl (C=O) groups excluding carboxylic acids is 2. The number of nitrogens with one attached hydrogen (secondary N) is 2. The monoisotopic (exact) mass is 434 g/mol. The number of carbonyl (C=O) groups is 2. The van der Waals surface area contributed by atoms with Crippen molar-refractivity contribution in [2.24, 2.45) is 0 Å². The zero-order valence-corrected chi connectivity index (χ0v) is 17.1. The van der Waals surface area contributed by atoms with Gasteiger partial charge in [-0.3, -0.25) is 14.4 Å². The van der Waals surface area contributed by atoms with Gasteiger partial charge in [0.15, 0.2) is 0 Å². The molecule has 0 saturated heterocycles. The summed E-state index contributed by atoms with van der Waals surface area (Å²) in [4.78, 5) is 46.4. The summed E-state index contributed by atoms with van der Waals surface area (Å²) in [5.41, 5.74) is 1.06. The molecule has 28 heavy (non-hydrogen) atoms. The molecule has 0 bridgehead atoms. The summed E-state index contributed by atoms with van der Waals surface area (Å²) in [7, 11) is 1.62. The van der Waals surface area contributed by atoms with Gasteiger partial charge in [-0.15, -0.1) is 23.1 Å². The summed E-state index contributed by atoms with van der Waals surface area (Å²) in [6.45, 7) is 0.158. The van der Waals surface area contributed by atoms with Crippen molar-refractivity contribution in [1.82, 2.24) is 14.9 Å². The Morgan fingerprint density at radius 1 is 1.32 bits per heavy atom. The van der Waals surface area contributed by atoms with E-state index in [4.69, 9.17) is 11.6 Å². The van der Waals surface area contributed by atoms with Crippen LogP contribution in [0.1, 0.15) is 12.2 Å². The van der Waals surface area contributed by atoms with Crippen LogP contribution in [0.4, 0.5) is 5.69 Å². The summed E-state index contributed by atoms with van der Waals surface area (Å²) in [6.07, 6.45) is 0.0417. The predicted molar refractivity (Wildman–Crippen MR) is 111 cm³/mol. The Kier molecular flexibility index (Phi) is 5.13. The Balaban J connectivity index is 1.44. The van der Waals surface area contributed by atoms with Crippen molar-refractivity contribution in [2.75, 3.05) is 12.4 Å². The Labute approximate surface area is 173 Å². The van der Waals surface area contributed by atoms with Crippen LogP contribution in [0.2, 0.25) is 5.02 Å². The van der Waals surface area contributed by atoms with Gasteiger partial charge in [-0.05, 0) is 29.6 Å². The quantitative estimate of drug-likeness (QED) is 0.657. The van der Waals surface area contributed by atoms with Gasteiger partial charge in [0, 0.05) is 23.4 Å². The van der Waals surface area contributed by atoms with Crippen molar-refractivity contribution in [2.45, 2.75) is 23.1 Å². The number of hydrogen-bond acceptors (Lipinski definition) is 6. The third-order valence-corrected chi connectivity index (χ3v) is 6.71. The third kappa shape index (κ3) is 3.78. The highest BCUT2D eigenvalue weighted by molar-refractivity contribution is 8.01. The number of H-pyrrole nitrogens is 1. The van der Waals surface area contributed by atoms with E-state index in [1.807, 2.05) is 6.07 Å². The van der Waals surface area contributed by atoms with Gasteiger partial charge in [0.2, 0.25) is 11.8 Å². The van der Waals surface area contributed by atoms with Crippen LogP contribution in [0, 0.1) is 0 Å². The van der Waals surface area contributed by atoms with Crippen molar-refractivity contribution >= 4 is 62.4 Å². The predicted octanol–water partition coefficient (Wildman–Crippen LogP) is 3.10. The maximum Gasteiger partial charge on any atom is 0.268 e. The second-order valence-corrected chi connectivity index (χ2v) is 8.93. The van der Waals surface area contributed by atoms with Crippen LogP contribution >= 0.6 is 34.7 Å². The topological polar surface area (TPSA) is 95.2 Å². The SMILES string of the molecule is CN(Cc1nc2ccsc2c(=O)[nH]1)C(=O)CC1Sc2ccc(Cl)cc2NC1=O. The highest BCUT2D eigenvalue weighted by Crippen LogP contribution is 2.38. The van der Waals surface area contributed by atoms with E-state index in [2.05, 4.69) is 15.3 Å². The number of hydrogen-bond donors (Lipinski definition) is 2. The third-order valence-electron chi connectivity index (χ3n) is 4.30. The van der Waals surface area contributed by atoms with Gasteiger partial charge in [-0.2, -0.15) is 0 Å². The smallest absolute Gasteiger partial charge is 0.268 e. The van der Waals surface area contributed by atoms with E-state index in [1.54, 1.807) is 30.6 Å². The van der Waals surface area contributed by atoms with Crippen molar-refractivity contribution < 1.29 is 9.59 Å². The minimum Gasteiger partial charge on any atom is -0.338 e. The first kappa shape index (κ1) is 19.0. The number of aromatic amines is 1. The lowest BCUT2D eigenvalue weighted by molar-refractivity contribution is -0.132. The minimum absolute atomic E-state index is 0.0417. The first-order valence-corrected chi connectivity index (χ1v) is 10.5. The molecule has 144 valence electrons. The van der Waals surface area contributed by atoms with Crippen molar-refractivity contribution in [1.29, 1.82) is 0 Å². The van der Waals surface area contributed by atoms with Crippen LogP contribution in [0.5, 0.6) is 0 Å². The average molecular weight is 435 g/mol. The maximum atomic E-state index is 12.6. The number of rotatable bonds is 4. The average Bonchev–Trinajstić information content (AvgIpc) is 3.11. The number of halogens is 1. The molecule has 0 radical (unpaired) electrons. The molecule has 2 amide bonds. The number of thioether (sulfide) groups is 1. The molecular weight excluding hydrogens is 420 g/mol. The van der Waals surface area contributed by atoms with E-state index < -0.39 is 5.25 Å². The van der Waals surface area contributed by atoms with Gasteiger partial charge in [0.05, 0.1) is 23.0 Å². The Morgan fingerprint density at radius 2 is 2.14 bits per heavy atom. The molecule has 0 spiro atoms.